The molecule has 0 fully saturated rings. The highest BCUT2D eigenvalue weighted by Gasteiger charge is 2.24. The smallest absolute Gasteiger partial charge is 0.119 e. The second kappa shape index (κ2) is 19.9. The minimum atomic E-state index is 0.787. The predicted octanol–water partition coefficient (Wildman–Crippen LogP) is 16.5. The Hall–Kier alpha value is -8.82. The Balaban J connectivity index is 1.29. The fraction of sp³-hybridized carbons (Fsp3) is 0.143. The molecule has 0 bridgehead atoms. The van der Waals surface area contributed by atoms with Gasteiger partial charge < -0.3 is 43.1 Å². The van der Waals surface area contributed by atoms with Crippen LogP contribution in [0.1, 0.15) is 16.7 Å². The van der Waals surface area contributed by atoms with Crippen LogP contribution in [0.5, 0.6) is 34.5 Å². The van der Waals surface area contributed by atoms with Crippen LogP contribution < -0.4 is 43.1 Å². The highest BCUT2D eigenvalue weighted by Crippen LogP contribution is 2.49. The van der Waals surface area contributed by atoms with Crippen molar-refractivity contribution in [3.8, 4) is 34.5 Å². The lowest BCUT2D eigenvalue weighted by Crippen LogP contribution is -2.12. The zero-order valence-corrected chi connectivity index (χ0v) is 42.1. The Morgan fingerprint density at radius 3 is 0.528 bits per heavy atom. The molecule has 0 unspecified atom stereocenters. The lowest BCUT2D eigenvalue weighted by atomic mass is 9.89. The number of ether oxygens (including phenoxy) is 6. The van der Waals surface area contributed by atoms with Crippen LogP contribution in [0.25, 0.3) is 32.3 Å². The molecule has 0 heterocycles. The van der Waals surface area contributed by atoms with Crippen LogP contribution in [0, 0.1) is 20.8 Å². The van der Waals surface area contributed by atoms with Gasteiger partial charge in [-0.1, -0.05) is 0 Å². The molecule has 9 nitrogen and oxygen atoms in total. The molecule has 0 aromatic heterocycles. The molecule has 10 aromatic carbocycles. The molecular formula is C63H57N3O6. The van der Waals surface area contributed by atoms with Crippen LogP contribution in [0.3, 0.4) is 0 Å². The normalized spacial score (nSPS) is 11.1. The first-order valence-corrected chi connectivity index (χ1v) is 23.8. The van der Waals surface area contributed by atoms with E-state index in [-0.39, 0.29) is 0 Å². The Kier molecular flexibility index (Phi) is 13.0. The van der Waals surface area contributed by atoms with Gasteiger partial charge >= 0.3 is 0 Å². The van der Waals surface area contributed by atoms with Gasteiger partial charge in [-0.3, -0.25) is 0 Å². The van der Waals surface area contributed by atoms with Gasteiger partial charge in [0, 0.05) is 51.2 Å². The molecule has 0 atom stereocenters. The lowest BCUT2D eigenvalue weighted by molar-refractivity contribution is 0.414. The molecule has 0 saturated heterocycles. The summed E-state index contributed by atoms with van der Waals surface area (Å²) >= 11 is 0. The van der Waals surface area contributed by atoms with Crippen molar-refractivity contribution in [2.24, 2.45) is 0 Å². The zero-order valence-electron chi connectivity index (χ0n) is 42.1. The summed E-state index contributed by atoms with van der Waals surface area (Å²) in [6.45, 7) is 6.62. The number of aryl methyl sites for hydroxylation is 3. The Labute approximate surface area is 421 Å². The van der Waals surface area contributed by atoms with E-state index in [9.17, 15) is 0 Å². The first-order valence-electron chi connectivity index (χ1n) is 23.8. The van der Waals surface area contributed by atoms with Crippen LogP contribution in [-0.2, 0) is 0 Å². The van der Waals surface area contributed by atoms with Crippen molar-refractivity contribution >= 4 is 83.5 Å². The Morgan fingerprint density at radius 1 is 0.222 bits per heavy atom. The van der Waals surface area contributed by atoms with Gasteiger partial charge in [0.15, 0.2) is 0 Å². The molecule has 0 aliphatic carbocycles. The summed E-state index contributed by atoms with van der Waals surface area (Å²) in [6.07, 6.45) is 0. The van der Waals surface area contributed by atoms with E-state index in [1.54, 1.807) is 42.7 Å². The minimum absolute atomic E-state index is 0.787. The summed E-state index contributed by atoms with van der Waals surface area (Å²) in [4.78, 5) is 6.95. The monoisotopic (exact) mass is 951 g/mol. The first kappa shape index (κ1) is 46.9. The number of hydrogen-bond donors (Lipinski definition) is 0. The average molecular weight is 952 g/mol. The summed E-state index contributed by atoms with van der Waals surface area (Å²) in [5.74, 6) is 4.72. The Morgan fingerprint density at radius 2 is 0.375 bits per heavy atom. The largest absolute Gasteiger partial charge is 0.497 e. The molecule has 10 rings (SSSR count). The van der Waals surface area contributed by atoms with E-state index < -0.39 is 0 Å². The van der Waals surface area contributed by atoms with E-state index in [2.05, 4.69) is 145 Å². The van der Waals surface area contributed by atoms with E-state index in [0.717, 1.165) is 135 Å². The quantitative estimate of drug-likeness (QED) is 0.0935. The molecule has 10 aromatic rings. The molecule has 360 valence electrons. The second-order valence-corrected chi connectivity index (χ2v) is 17.7. The van der Waals surface area contributed by atoms with Crippen LogP contribution in [-0.4, -0.2) is 42.7 Å². The van der Waals surface area contributed by atoms with Gasteiger partial charge in [-0.05, 0) is 252 Å². The van der Waals surface area contributed by atoms with Crippen LogP contribution >= 0.6 is 0 Å². The number of hydrogen-bond acceptors (Lipinski definition) is 9. The van der Waals surface area contributed by atoms with Crippen LogP contribution in [0.15, 0.2) is 182 Å². The Bertz CT molecular complexity index is 2990. The fourth-order valence-corrected chi connectivity index (χ4v) is 9.82. The summed E-state index contributed by atoms with van der Waals surface area (Å²) < 4.78 is 33.7. The van der Waals surface area contributed by atoms with Gasteiger partial charge in [0.2, 0.25) is 0 Å². The van der Waals surface area contributed by atoms with Crippen LogP contribution in [0.4, 0.5) is 51.2 Å². The van der Waals surface area contributed by atoms with E-state index in [1.165, 1.54) is 0 Å². The number of benzene rings is 10. The molecule has 0 radical (unpaired) electrons. The van der Waals surface area contributed by atoms with E-state index in [0.29, 0.717) is 0 Å². The first-order chi connectivity index (χ1) is 35.1. The van der Waals surface area contributed by atoms with E-state index >= 15 is 0 Å². The third kappa shape index (κ3) is 8.74. The zero-order chi connectivity index (χ0) is 50.0. The van der Waals surface area contributed by atoms with Crippen molar-refractivity contribution in [1.29, 1.82) is 0 Å². The third-order valence-electron chi connectivity index (χ3n) is 13.6. The molecule has 0 N–H and O–H groups in total. The van der Waals surface area contributed by atoms with E-state index in [1.807, 2.05) is 72.8 Å². The fourth-order valence-electron chi connectivity index (χ4n) is 9.82. The summed E-state index contributed by atoms with van der Waals surface area (Å²) in [7, 11) is 10.2. The van der Waals surface area contributed by atoms with Gasteiger partial charge in [0.25, 0.3) is 0 Å². The highest BCUT2D eigenvalue weighted by molar-refractivity contribution is 6.27. The highest BCUT2D eigenvalue weighted by atomic mass is 16.5. The van der Waals surface area contributed by atoms with Crippen molar-refractivity contribution in [3.63, 3.8) is 0 Å². The van der Waals surface area contributed by atoms with Crippen molar-refractivity contribution in [2.45, 2.75) is 20.8 Å². The van der Waals surface area contributed by atoms with Gasteiger partial charge in [-0.2, -0.15) is 0 Å². The number of rotatable bonds is 15. The maximum absolute atomic E-state index is 5.62. The molecule has 0 spiro atoms. The molecule has 9 heteroatoms. The van der Waals surface area contributed by atoms with Crippen LogP contribution in [0.2, 0.25) is 0 Å². The molecule has 0 aliphatic heterocycles. The summed E-state index contributed by atoms with van der Waals surface area (Å²) in [6, 6.07) is 63.6. The molecule has 0 amide bonds. The molecular weight excluding hydrogens is 895 g/mol. The number of fused-ring (bicyclic) bond motifs is 6. The van der Waals surface area contributed by atoms with Crippen molar-refractivity contribution in [3.05, 3.63) is 199 Å². The maximum atomic E-state index is 5.62. The SMILES string of the molecule is COc1ccc(N(c2ccc(OC)cc2)c2cc3c(cc2C)c2cc(N(c4ccc(OC)cc4)c4ccc(OC)cc4)c(C)cc2c2cc(N(c4ccc(OC)cc4)c4ccc(OC)cc4)c(C)cc32)cc1. The summed E-state index contributed by atoms with van der Waals surface area (Å²) in [5.41, 5.74) is 12.4. The molecule has 0 aliphatic rings. The van der Waals surface area contributed by atoms with Crippen molar-refractivity contribution in [1.82, 2.24) is 0 Å². The average Bonchev–Trinajstić information content (AvgIpc) is 3.43. The predicted molar refractivity (Wildman–Crippen MR) is 297 cm³/mol. The van der Waals surface area contributed by atoms with Crippen molar-refractivity contribution < 1.29 is 28.4 Å². The van der Waals surface area contributed by atoms with Gasteiger partial charge in [0.1, 0.15) is 34.5 Å². The topological polar surface area (TPSA) is 65.1 Å². The van der Waals surface area contributed by atoms with Gasteiger partial charge in [-0.25, -0.2) is 0 Å². The number of nitrogens with zero attached hydrogens (tertiary/aromatic N) is 3. The number of anilines is 9. The standard InChI is InChI=1S/C63H57N3O6/c1-40-34-55-58(37-61(40)64(43-10-22-49(67-4)23-11-43)44-12-24-50(68-5)25-13-44)56-35-41(2)63(66(47-18-30-53(71-8)31-19-47)48-20-32-54(72-9)33-21-48)39-60(56)57-36-42(3)62(38-59(55)57)65(45-14-26-51(69-6)27-15-45)46-16-28-52(70-7)29-17-46/h10-39H,1-9H3. The summed E-state index contributed by atoms with van der Waals surface area (Å²) in [5, 5.41) is 6.79. The number of methoxy groups -OCH3 is 6. The van der Waals surface area contributed by atoms with E-state index in [4.69, 9.17) is 28.4 Å². The molecule has 0 saturated carbocycles. The molecule has 72 heavy (non-hydrogen) atoms. The minimum Gasteiger partial charge on any atom is -0.497 e. The van der Waals surface area contributed by atoms with Gasteiger partial charge in [0.05, 0.1) is 42.7 Å². The maximum Gasteiger partial charge on any atom is 0.119 e. The van der Waals surface area contributed by atoms with Gasteiger partial charge in [-0.15, -0.1) is 0 Å². The third-order valence-corrected chi connectivity index (χ3v) is 13.6. The lowest BCUT2D eigenvalue weighted by Gasteiger charge is -2.30. The van der Waals surface area contributed by atoms with Crippen molar-refractivity contribution in [2.75, 3.05) is 57.4 Å². The second-order valence-electron chi connectivity index (χ2n) is 17.7.